The zero-order valence-corrected chi connectivity index (χ0v) is 24.0. The van der Waals surface area contributed by atoms with Crippen LogP contribution in [-0.4, -0.2) is 37.4 Å². The van der Waals surface area contributed by atoms with E-state index in [0.717, 1.165) is 42.4 Å². The lowest BCUT2D eigenvalue weighted by molar-refractivity contribution is -0.0441. The Balaban J connectivity index is 2.32. The molecule has 0 amide bonds. The highest BCUT2D eigenvalue weighted by Gasteiger charge is 2.48. The molecule has 0 fully saturated rings. The zero-order valence-electron chi connectivity index (χ0n) is 19.9. The fraction of sp³-hybridized carbons (Fsp3) is 0.435. The molecular formula is C23H28F3NO4S5. The Morgan fingerprint density at radius 2 is 1.56 bits per heavy atom. The first-order valence-electron chi connectivity index (χ1n) is 10.9. The highest BCUT2D eigenvalue weighted by Crippen LogP contribution is 2.40. The van der Waals surface area contributed by atoms with Gasteiger partial charge in [0.1, 0.15) is 3.53 Å². The lowest BCUT2D eigenvalue weighted by Crippen LogP contribution is -2.40. The van der Waals surface area contributed by atoms with E-state index < -0.39 is 35.9 Å². The quantitative estimate of drug-likeness (QED) is 0.298. The number of hydrogen-bond acceptors (Lipinski definition) is 7. The molecule has 0 radical (unpaired) electrons. The third-order valence-electron chi connectivity index (χ3n) is 5.80. The van der Waals surface area contributed by atoms with Gasteiger partial charge in [0, 0.05) is 5.75 Å². The molecule has 2 rings (SSSR count). The second-order valence-corrected chi connectivity index (χ2v) is 15.4. The van der Waals surface area contributed by atoms with Gasteiger partial charge in [-0.2, -0.15) is 13.2 Å². The van der Waals surface area contributed by atoms with Crippen molar-refractivity contribution in [3.63, 3.8) is 0 Å². The van der Waals surface area contributed by atoms with Crippen LogP contribution in [0, 0.1) is 0 Å². The first kappa shape index (κ1) is 31.1. The molecule has 1 N–H and O–H groups in total. The fourth-order valence-corrected chi connectivity index (χ4v) is 8.36. The van der Waals surface area contributed by atoms with Gasteiger partial charge in [-0.05, 0) is 53.2 Å². The fourth-order valence-electron chi connectivity index (χ4n) is 3.61. The third kappa shape index (κ3) is 8.19. The largest absolute Gasteiger partial charge is 0.512 e. The molecule has 0 saturated heterocycles. The minimum atomic E-state index is -6.06. The standard InChI is InChI=1S/C23H28F3NO4S5/c1-4-22(3,15-18(16-34-21(32)33-5-2)17-9-7-6-8-10-17)19-11-13-20(14-12-19)35(28,29)27-36(30,31)23(24,25)26/h6-14,18,27H,4-5,15-16H2,1-3H3. The van der Waals surface area contributed by atoms with E-state index in [0.29, 0.717) is 12.8 Å². The smallest absolute Gasteiger partial charge is 0.206 e. The van der Waals surface area contributed by atoms with Crippen molar-refractivity contribution in [1.82, 2.24) is 4.13 Å². The van der Waals surface area contributed by atoms with Crippen molar-refractivity contribution in [2.24, 2.45) is 0 Å². The Kier molecular flexibility index (Phi) is 10.9. The normalized spacial score (nSPS) is 15.3. The molecule has 200 valence electrons. The Bertz CT molecular complexity index is 1230. The van der Waals surface area contributed by atoms with Gasteiger partial charge in [0.25, 0.3) is 10.0 Å². The van der Waals surface area contributed by atoms with Crippen molar-refractivity contribution in [1.29, 1.82) is 0 Å². The van der Waals surface area contributed by atoms with E-state index in [2.05, 4.69) is 12.1 Å². The van der Waals surface area contributed by atoms with Crippen LogP contribution in [0.1, 0.15) is 50.7 Å². The molecule has 0 heterocycles. The van der Waals surface area contributed by atoms with Crippen LogP contribution < -0.4 is 4.13 Å². The predicted molar refractivity (Wildman–Crippen MR) is 146 cm³/mol. The van der Waals surface area contributed by atoms with Crippen molar-refractivity contribution in [2.45, 2.75) is 55.3 Å². The monoisotopic (exact) mass is 599 g/mol. The molecule has 0 aliphatic carbocycles. The van der Waals surface area contributed by atoms with E-state index in [-0.39, 0.29) is 5.92 Å². The van der Waals surface area contributed by atoms with Crippen LogP contribution in [-0.2, 0) is 25.5 Å². The summed E-state index contributed by atoms with van der Waals surface area (Å²) in [6, 6.07) is 15.3. The first-order chi connectivity index (χ1) is 16.6. The van der Waals surface area contributed by atoms with Gasteiger partial charge in [0.15, 0.2) is 0 Å². The summed E-state index contributed by atoms with van der Waals surface area (Å²) < 4.78 is 86.7. The first-order valence-corrected chi connectivity index (χ1v) is 16.3. The summed E-state index contributed by atoms with van der Waals surface area (Å²) in [7, 11) is -11.0. The van der Waals surface area contributed by atoms with Crippen molar-refractivity contribution < 1.29 is 30.0 Å². The number of sulfonamides is 2. The molecule has 5 nitrogen and oxygen atoms in total. The Morgan fingerprint density at radius 1 is 0.972 bits per heavy atom. The van der Waals surface area contributed by atoms with Gasteiger partial charge in [0.05, 0.1) is 4.90 Å². The Labute approximate surface area is 225 Å². The van der Waals surface area contributed by atoms with E-state index >= 15 is 0 Å². The lowest BCUT2D eigenvalue weighted by Gasteiger charge is -2.33. The van der Waals surface area contributed by atoms with Gasteiger partial charge in [-0.15, -0.1) is 23.5 Å². The number of alkyl halides is 3. The molecule has 36 heavy (non-hydrogen) atoms. The van der Waals surface area contributed by atoms with Crippen LogP contribution in [0.25, 0.3) is 0 Å². The maximum absolute atomic E-state index is 12.6. The number of halogens is 3. The summed E-state index contributed by atoms with van der Waals surface area (Å²) in [6.07, 6.45) is 1.43. The number of thioether (sulfide) groups is 2. The summed E-state index contributed by atoms with van der Waals surface area (Å²) >= 11 is 8.68. The van der Waals surface area contributed by atoms with Gasteiger partial charge in [-0.1, -0.05) is 79.6 Å². The maximum atomic E-state index is 12.6. The van der Waals surface area contributed by atoms with Gasteiger partial charge in [-0.25, -0.2) is 16.8 Å². The summed E-state index contributed by atoms with van der Waals surface area (Å²) in [5.41, 5.74) is -4.20. The van der Waals surface area contributed by atoms with E-state index in [4.69, 9.17) is 12.2 Å². The van der Waals surface area contributed by atoms with Gasteiger partial charge >= 0.3 is 15.5 Å². The topological polar surface area (TPSA) is 80.3 Å². The lowest BCUT2D eigenvalue weighted by atomic mass is 9.72. The molecule has 0 saturated carbocycles. The maximum Gasteiger partial charge on any atom is 0.512 e. The summed E-state index contributed by atoms with van der Waals surface area (Å²) in [5, 5.41) is 0. The van der Waals surface area contributed by atoms with Crippen LogP contribution in [0.2, 0.25) is 0 Å². The van der Waals surface area contributed by atoms with Crippen molar-refractivity contribution in [3.8, 4) is 0 Å². The van der Waals surface area contributed by atoms with Crippen molar-refractivity contribution in [3.05, 3.63) is 65.7 Å². The Morgan fingerprint density at radius 3 is 2.06 bits per heavy atom. The molecule has 0 aliphatic rings. The average Bonchev–Trinajstić information content (AvgIpc) is 2.81. The van der Waals surface area contributed by atoms with Crippen LogP contribution in [0.4, 0.5) is 13.2 Å². The Hall–Kier alpha value is -1.12. The molecule has 0 aromatic heterocycles. The van der Waals surface area contributed by atoms with Gasteiger partial charge < -0.3 is 0 Å². The minimum absolute atomic E-state index is 0.138. The van der Waals surface area contributed by atoms with Gasteiger partial charge in [-0.3, -0.25) is 0 Å². The molecular weight excluding hydrogens is 572 g/mol. The zero-order chi connectivity index (χ0) is 27.2. The number of hydrogen-bond donors (Lipinski definition) is 1. The highest BCUT2D eigenvalue weighted by molar-refractivity contribution is 8.47. The predicted octanol–water partition coefficient (Wildman–Crippen LogP) is 6.43. The van der Waals surface area contributed by atoms with Crippen molar-refractivity contribution in [2.75, 3.05) is 11.5 Å². The van der Waals surface area contributed by atoms with Crippen LogP contribution in [0.15, 0.2) is 59.5 Å². The molecule has 0 aliphatic heterocycles. The molecule has 2 unspecified atom stereocenters. The molecule has 2 aromatic rings. The summed E-state index contributed by atoms with van der Waals surface area (Å²) in [4.78, 5) is -0.574. The summed E-state index contributed by atoms with van der Waals surface area (Å²) in [6.45, 7) is 6.09. The van der Waals surface area contributed by atoms with Crippen LogP contribution >= 0.6 is 35.7 Å². The van der Waals surface area contributed by atoms with E-state index in [1.807, 2.05) is 39.0 Å². The van der Waals surface area contributed by atoms with Crippen molar-refractivity contribution >= 4 is 59.3 Å². The van der Waals surface area contributed by atoms with Crippen LogP contribution in [0.3, 0.4) is 0 Å². The van der Waals surface area contributed by atoms with E-state index in [1.54, 1.807) is 23.5 Å². The molecule has 2 atom stereocenters. The molecule has 2 aromatic carbocycles. The molecule has 0 bridgehead atoms. The SMILES string of the molecule is CCSC(=S)SCC(CC(C)(CC)c1ccc(S(=O)(=O)NS(=O)(=O)C(F)(F)F)cc1)c1ccccc1. The highest BCUT2D eigenvalue weighted by atomic mass is 32.3. The number of benzene rings is 2. The van der Waals surface area contributed by atoms with E-state index in [1.165, 1.54) is 12.1 Å². The number of thiocarbonyl (C=S) groups is 1. The second kappa shape index (κ2) is 12.6. The second-order valence-electron chi connectivity index (χ2n) is 8.28. The van der Waals surface area contributed by atoms with Gasteiger partial charge in [0.2, 0.25) is 0 Å². The average molecular weight is 600 g/mol. The minimum Gasteiger partial charge on any atom is -0.206 e. The third-order valence-corrected chi connectivity index (χ3v) is 11.8. The molecule has 0 spiro atoms. The summed E-state index contributed by atoms with van der Waals surface area (Å²) in [5.74, 6) is 1.79. The molecule has 13 heteroatoms. The van der Waals surface area contributed by atoms with Crippen LogP contribution in [0.5, 0.6) is 0 Å². The number of nitrogens with one attached hydrogen (secondary N) is 1. The number of rotatable bonds is 11. The van der Waals surface area contributed by atoms with E-state index in [9.17, 15) is 30.0 Å².